The SMILES string of the molecule is CNC(=O)C1SC(=C(C(N)=O)C(=O)O)S1.[W]. The minimum Gasteiger partial charge on any atom is -0.477 e. The van der Waals surface area contributed by atoms with Crippen LogP contribution in [0.4, 0.5) is 0 Å². The Hall–Kier alpha value is -0.462. The van der Waals surface area contributed by atoms with Crippen LogP contribution in [-0.4, -0.2) is 34.5 Å². The van der Waals surface area contributed by atoms with Gasteiger partial charge in [0.05, 0.1) is 4.24 Å². The van der Waals surface area contributed by atoms with Gasteiger partial charge in [0.1, 0.15) is 10.2 Å². The van der Waals surface area contributed by atoms with Gasteiger partial charge < -0.3 is 16.2 Å². The van der Waals surface area contributed by atoms with Crippen molar-refractivity contribution in [3.63, 3.8) is 0 Å². The molecule has 16 heavy (non-hydrogen) atoms. The molecule has 4 N–H and O–H groups in total. The Balaban J connectivity index is 0.00000225. The van der Waals surface area contributed by atoms with E-state index in [9.17, 15) is 14.4 Å². The summed E-state index contributed by atoms with van der Waals surface area (Å²) in [5.41, 5.74) is 4.44. The molecule has 0 aromatic rings. The summed E-state index contributed by atoms with van der Waals surface area (Å²) < 4.78 is -0.123. The maximum Gasteiger partial charge on any atom is 0.343 e. The quantitative estimate of drug-likeness (QED) is 0.310. The summed E-state index contributed by atoms with van der Waals surface area (Å²) in [6.45, 7) is 0. The van der Waals surface area contributed by atoms with Gasteiger partial charge in [-0.05, 0) is 0 Å². The molecule has 0 aliphatic carbocycles. The Morgan fingerprint density at radius 2 is 1.88 bits per heavy atom. The fourth-order valence-electron chi connectivity index (χ4n) is 0.839. The molecule has 0 spiro atoms. The van der Waals surface area contributed by atoms with Crippen LogP contribution in [0.25, 0.3) is 0 Å². The van der Waals surface area contributed by atoms with Crippen molar-refractivity contribution in [1.29, 1.82) is 0 Å². The zero-order valence-electron chi connectivity index (χ0n) is 8.05. The van der Waals surface area contributed by atoms with Gasteiger partial charge in [0.15, 0.2) is 0 Å². The fraction of sp³-hybridized carbons (Fsp3) is 0.286. The predicted molar refractivity (Wildman–Crippen MR) is 56.9 cm³/mol. The van der Waals surface area contributed by atoms with E-state index in [0.717, 1.165) is 23.5 Å². The Morgan fingerprint density at radius 3 is 2.19 bits per heavy atom. The van der Waals surface area contributed by atoms with E-state index in [1.165, 1.54) is 7.05 Å². The number of carboxylic acid groups (broad SMARTS) is 1. The maximum atomic E-state index is 11.1. The van der Waals surface area contributed by atoms with Crippen LogP contribution >= 0.6 is 23.5 Å². The summed E-state index contributed by atoms with van der Waals surface area (Å²) in [5.74, 6) is -2.58. The smallest absolute Gasteiger partial charge is 0.343 e. The summed E-state index contributed by atoms with van der Waals surface area (Å²) in [7, 11) is 1.48. The van der Waals surface area contributed by atoms with E-state index < -0.39 is 22.0 Å². The first-order chi connectivity index (χ1) is 6.97. The number of carbonyl (C=O) groups excluding carboxylic acids is 2. The molecule has 0 aromatic heterocycles. The van der Waals surface area contributed by atoms with Crippen LogP contribution in [-0.2, 0) is 35.4 Å². The molecule has 2 amide bonds. The van der Waals surface area contributed by atoms with Crippen molar-refractivity contribution in [1.82, 2.24) is 5.32 Å². The molecule has 1 aliphatic rings. The third-order valence-electron chi connectivity index (χ3n) is 1.55. The van der Waals surface area contributed by atoms with E-state index in [0.29, 0.717) is 0 Å². The Labute approximate surface area is 114 Å². The van der Waals surface area contributed by atoms with Gasteiger partial charge in [-0.15, -0.1) is 0 Å². The number of hydrogen-bond donors (Lipinski definition) is 3. The van der Waals surface area contributed by atoms with E-state index in [-0.39, 0.29) is 31.2 Å². The third kappa shape index (κ3) is 3.26. The molecule has 0 aromatic carbocycles. The standard InChI is InChI=1S/C7H8N2O4S2.W/c1-9-4(11)7-14-6(15-7)2(3(8)10)5(12)13;/h7H,1H3,(H2,8,10)(H,9,11)(H,12,13);. The van der Waals surface area contributed by atoms with Crippen LogP contribution < -0.4 is 11.1 Å². The van der Waals surface area contributed by atoms with Crippen molar-refractivity contribution in [2.75, 3.05) is 7.05 Å². The number of primary amides is 1. The fourth-order valence-corrected chi connectivity index (χ4v) is 3.17. The van der Waals surface area contributed by atoms with Crippen molar-refractivity contribution < 1.29 is 40.6 Å². The zero-order valence-corrected chi connectivity index (χ0v) is 12.6. The molecule has 1 rings (SSSR count). The van der Waals surface area contributed by atoms with Crippen molar-refractivity contribution in [2.24, 2.45) is 5.73 Å². The van der Waals surface area contributed by atoms with E-state index in [2.05, 4.69) is 5.32 Å². The molecule has 1 heterocycles. The minimum atomic E-state index is -1.37. The molecule has 0 saturated carbocycles. The Bertz CT molecular complexity index is 347. The van der Waals surface area contributed by atoms with E-state index in [4.69, 9.17) is 10.8 Å². The molecule has 0 radical (unpaired) electrons. The topological polar surface area (TPSA) is 109 Å². The summed E-state index contributed by atoms with van der Waals surface area (Å²) >= 11 is 2.04. The number of amides is 2. The van der Waals surface area contributed by atoms with Gasteiger partial charge in [0, 0.05) is 28.1 Å². The summed E-state index contributed by atoms with van der Waals surface area (Å²) in [6.07, 6.45) is 0. The monoisotopic (exact) mass is 432 g/mol. The van der Waals surface area contributed by atoms with Gasteiger partial charge in [-0.25, -0.2) is 4.79 Å². The summed E-state index contributed by atoms with van der Waals surface area (Å²) in [6, 6.07) is 0. The zero-order chi connectivity index (χ0) is 11.6. The van der Waals surface area contributed by atoms with Crippen LogP contribution in [0, 0.1) is 0 Å². The van der Waals surface area contributed by atoms with Crippen LogP contribution in [0.5, 0.6) is 0 Å². The van der Waals surface area contributed by atoms with Gasteiger partial charge >= 0.3 is 5.97 Å². The number of thioether (sulfide) groups is 2. The average molecular weight is 432 g/mol. The molecule has 1 aliphatic heterocycles. The van der Waals surface area contributed by atoms with Crippen molar-refractivity contribution in [3.8, 4) is 0 Å². The van der Waals surface area contributed by atoms with E-state index in [1.807, 2.05) is 0 Å². The Morgan fingerprint density at radius 1 is 1.38 bits per heavy atom. The van der Waals surface area contributed by atoms with Gasteiger partial charge in [0.2, 0.25) is 5.91 Å². The van der Waals surface area contributed by atoms with Gasteiger partial charge in [-0.3, -0.25) is 9.59 Å². The van der Waals surface area contributed by atoms with Crippen molar-refractivity contribution in [2.45, 2.75) is 4.58 Å². The molecule has 1 fully saturated rings. The molecule has 0 atom stereocenters. The number of aliphatic carboxylic acids is 1. The molecule has 9 heteroatoms. The normalized spacial score (nSPS) is 17.8. The number of carbonyl (C=O) groups is 3. The van der Waals surface area contributed by atoms with Crippen LogP contribution in [0.15, 0.2) is 9.81 Å². The van der Waals surface area contributed by atoms with Crippen LogP contribution in [0.2, 0.25) is 0 Å². The molecule has 6 nitrogen and oxygen atoms in total. The molecular weight excluding hydrogens is 424 g/mol. The summed E-state index contributed by atoms with van der Waals surface area (Å²) in [5, 5.41) is 11.1. The molecule has 88 valence electrons. The minimum absolute atomic E-state index is 0. The largest absolute Gasteiger partial charge is 0.477 e. The number of hydrogen-bond acceptors (Lipinski definition) is 5. The second-order valence-electron chi connectivity index (χ2n) is 2.51. The number of rotatable bonds is 3. The first-order valence-electron chi connectivity index (χ1n) is 3.79. The van der Waals surface area contributed by atoms with Gasteiger partial charge in [0.25, 0.3) is 5.91 Å². The number of nitrogens with one attached hydrogen (secondary N) is 1. The number of carboxylic acids is 1. The van der Waals surface area contributed by atoms with E-state index in [1.54, 1.807) is 0 Å². The third-order valence-corrected chi connectivity index (χ3v) is 4.40. The second kappa shape index (κ2) is 6.32. The number of nitrogens with two attached hydrogens (primary N) is 1. The molecule has 0 unspecified atom stereocenters. The van der Waals surface area contributed by atoms with Crippen LogP contribution in [0.1, 0.15) is 0 Å². The van der Waals surface area contributed by atoms with Crippen molar-refractivity contribution in [3.05, 3.63) is 9.81 Å². The molecule has 0 bridgehead atoms. The molecule has 1 saturated heterocycles. The van der Waals surface area contributed by atoms with Crippen LogP contribution in [0.3, 0.4) is 0 Å². The van der Waals surface area contributed by atoms with Gasteiger partial charge in [-0.2, -0.15) is 0 Å². The molecular formula is C7H8N2O4S2W. The average Bonchev–Trinajstić information content (AvgIpc) is 2.07. The second-order valence-corrected chi connectivity index (χ2v) is 5.30. The van der Waals surface area contributed by atoms with Crippen molar-refractivity contribution >= 4 is 41.3 Å². The summed E-state index contributed by atoms with van der Waals surface area (Å²) in [4.78, 5) is 32.5. The van der Waals surface area contributed by atoms with E-state index >= 15 is 0 Å². The maximum absolute atomic E-state index is 11.1. The Kier molecular flexibility index (Phi) is 6.13. The predicted octanol–water partition coefficient (Wildman–Crippen LogP) is -0.683. The first kappa shape index (κ1) is 15.5. The first-order valence-corrected chi connectivity index (χ1v) is 5.55. The van der Waals surface area contributed by atoms with Gasteiger partial charge in [-0.1, -0.05) is 23.5 Å².